The van der Waals surface area contributed by atoms with Gasteiger partial charge in [0.25, 0.3) is 0 Å². The number of carboxylic acid groups (broad SMARTS) is 1. The average molecular weight is 234 g/mol. The van der Waals surface area contributed by atoms with Crippen molar-refractivity contribution in [2.75, 3.05) is 13.7 Å². The Kier molecular flexibility index (Phi) is 5.44. The fourth-order valence-corrected chi connectivity index (χ4v) is 0.975. The molecule has 2 N–H and O–H groups in total. The standard InChI is InChI=1S/C9H14O7/c1-3-16-7(11)5-9(14,8(12)13)4-6(10)15-2/h14H,3-5H2,1-2H3,(H,12,13). The maximum atomic E-state index is 11.0. The molecule has 7 nitrogen and oxygen atoms in total. The van der Waals surface area contributed by atoms with Gasteiger partial charge in [-0.2, -0.15) is 0 Å². The van der Waals surface area contributed by atoms with E-state index in [9.17, 15) is 19.5 Å². The van der Waals surface area contributed by atoms with Gasteiger partial charge >= 0.3 is 17.9 Å². The Bertz CT molecular complexity index is 286. The molecule has 92 valence electrons. The summed E-state index contributed by atoms with van der Waals surface area (Å²) in [6.07, 6.45) is -1.61. The van der Waals surface area contributed by atoms with Crippen LogP contribution >= 0.6 is 0 Å². The number of esters is 2. The first-order valence-corrected chi connectivity index (χ1v) is 4.54. The molecule has 0 radical (unpaired) electrons. The first-order chi connectivity index (χ1) is 7.35. The third kappa shape index (κ3) is 4.26. The van der Waals surface area contributed by atoms with Crippen molar-refractivity contribution in [3.63, 3.8) is 0 Å². The van der Waals surface area contributed by atoms with Crippen molar-refractivity contribution < 1.29 is 34.1 Å². The lowest BCUT2D eigenvalue weighted by Gasteiger charge is -2.20. The molecule has 0 fully saturated rings. The van der Waals surface area contributed by atoms with Crippen LogP contribution < -0.4 is 0 Å². The highest BCUT2D eigenvalue weighted by molar-refractivity contribution is 5.88. The van der Waals surface area contributed by atoms with Gasteiger partial charge in [0.15, 0.2) is 5.60 Å². The Balaban J connectivity index is 4.63. The molecule has 16 heavy (non-hydrogen) atoms. The van der Waals surface area contributed by atoms with Gasteiger partial charge < -0.3 is 19.7 Å². The molecule has 0 aromatic heterocycles. The number of aliphatic carboxylic acids is 1. The minimum absolute atomic E-state index is 0.0623. The number of rotatable bonds is 6. The zero-order valence-corrected chi connectivity index (χ0v) is 9.06. The van der Waals surface area contributed by atoms with E-state index in [1.165, 1.54) is 6.92 Å². The lowest BCUT2D eigenvalue weighted by molar-refractivity contribution is -0.172. The van der Waals surface area contributed by atoms with Crippen LogP contribution in [0.2, 0.25) is 0 Å². The van der Waals surface area contributed by atoms with E-state index in [0.29, 0.717) is 0 Å². The summed E-state index contributed by atoms with van der Waals surface area (Å²) in [4.78, 5) is 32.7. The van der Waals surface area contributed by atoms with E-state index in [0.717, 1.165) is 7.11 Å². The monoisotopic (exact) mass is 234 g/mol. The molecule has 0 saturated heterocycles. The van der Waals surface area contributed by atoms with Gasteiger partial charge in [0, 0.05) is 0 Å². The molecule has 7 heteroatoms. The summed E-state index contributed by atoms with van der Waals surface area (Å²) in [6, 6.07) is 0. The van der Waals surface area contributed by atoms with Crippen molar-refractivity contribution in [2.24, 2.45) is 0 Å². The van der Waals surface area contributed by atoms with Crippen LogP contribution in [0.15, 0.2) is 0 Å². The second-order valence-electron chi connectivity index (χ2n) is 3.07. The van der Waals surface area contributed by atoms with Crippen molar-refractivity contribution in [2.45, 2.75) is 25.4 Å². The average Bonchev–Trinajstić information content (AvgIpc) is 2.17. The minimum atomic E-state index is -2.49. The summed E-state index contributed by atoms with van der Waals surface area (Å²) in [5.41, 5.74) is -2.49. The Morgan fingerprint density at radius 1 is 1.19 bits per heavy atom. The smallest absolute Gasteiger partial charge is 0.336 e. The van der Waals surface area contributed by atoms with E-state index in [2.05, 4.69) is 9.47 Å². The Hall–Kier alpha value is -1.63. The fourth-order valence-electron chi connectivity index (χ4n) is 0.975. The highest BCUT2D eigenvalue weighted by Gasteiger charge is 2.41. The quantitative estimate of drug-likeness (QED) is 0.585. The summed E-state index contributed by atoms with van der Waals surface area (Å²) in [5, 5.41) is 18.3. The number of methoxy groups -OCH3 is 1. The van der Waals surface area contributed by atoms with Crippen LogP contribution in [0, 0.1) is 0 Å². The van der Waals surface area contributed by atoms with Crippen LogP contribution in [0.25, 0.3) is 0 Å². The molecule has 0 saturated carbocycles. The fraction of sp³-hybridized carbons (Fsp3) is 0.667. The van der Waals surface area contributed by atoms with Crippen LogP contribution in [-0.2, 0) is 23.9 Å². The largest absolute Gasteiger partial charge is 0.479 e. The third-order valence-corrected chi connectivity index (χ3v) is 1.80. The first kappa shape index (κ1) is 14.4. The summed E-state index contributed by atoms with van der Waals surface area (Å²) in [5.74, 6) is -3.49. The molecule has 0 spiro atoms. The lowest BCUT2D eigenvalue weighted by atomic mass is 9.96. The molecule has 0 bridgehead atoms. The molecule has 1 atom stereocenters. The first-order valence-electron chi connectivity index (χ1n) is 4.54. The van der Waals surface area contributed by atoms with Crippen molar-refractivity contribution >= 4 is 17.9 Å². The van der Waals surface area contributed by atoms with Crippen molar-refractivity contribution in [3.05, 3.63) is 0 Å². The second-order valence-corrected chi connectivity index (χ2v) is 3.07. The lowest BCUT2D eigenvalue weighted by Crippen LogP contribution is -2.43. The van der Waals surface area contributed by atoms with Crippen LogP contribution in [0.4, 0.5) is 0 Å². The Morgan fingerprint density at radius 2 is 1.69 bits per heavy atom. The topological polar surface area (TPSA) is 110 Å². The zero-order valence-electron chi connectivity index (χ0n) is 9.06. The van der Waals surface area contributed by atoms with Crippen molar-refractivity contribution in [1.29, 1.82) is 0 Å². The Morgan fingerprint density at radius 3 is 2.06 bits per heavy atom. The number of carbonyl (C=O) groups is 3. The summed E-state index contributed by atoms with van der Waals surface area (Å²) >= 11 is 0. The van der Waals surface area contributed by atoms with Crippen LogP contribution in [-0.4, -0.2) is 47.4 Å². The van der Waals surface area contributed by atoms with Crippen molar-refractivity contribution in [1.82, 2.24) is 0 Å². The van der Waals surface area contributed by atoms with Gasteiger partial charge in [0.1, 0.15) is 0 Å². The molecule has 0 heterocycles. The molecule has 1 unspecified atom stereocenters. The number of hydrogen-bond donors (Lipinski definition) is 2. The van der Waals surface area contributed by atoms with Gasteiger partial charge in [-0.15, -0.1) is 0 Å². The van der Waals surface area contributed by atoms with E-state index in [1.54, 1.807) is 0 Å². The maximum absolute atomic E-state index is 11.0. The minimum Gasteiger partial charge on any atom is -0.479 e. The molecule has 0 aliphatic heterocycles. The number of aliphatic hydroxyl groups is 1. The van der Waals surface area contributed by atoms with Gasteiger partial charge in [0.2, 0.25) is 0 Å². The van der Waals surface area contributed by atoms with E-state index in [-0.39, 0.29) is 6.61 Å². The van der Waals surface area contributed by atoms with E-state index < -0.39 is 36.4 Å². The Labute approximate surface area is 92.0 Å². The molecule has 0 aliphatic carbocycles. The van der Waals surface area contributed by atoms with Gasteiger partial charge in [-0.05, 0) is 6.92 Å². The maximum Gasteiger partial charge on any atom is 0.336 e. The number of ether oxygens (including phenoxy) is 2. The zero-order chi connectivity index (χ0) is 12.8. The molecular formula is C9H14O7. The summed E-state index contributed by atoms with van der Waals surface area (Å²) < 4.78 is 8.71. The van der Waals surface area contributed by atoms with E-state index in [4.69, 9.17) is 5.11 Å². The molecule has 0 aromatic rings. The van der Waals surface area contributed by atoms with Crippen LogP contribution in [0.1, 0.15) is 19.8 Å². The van der Waals surface area contributed by atoms with Crippen molar-refractivity contribution in [3.8, 4) is 0 Å². The third-order valence-electron chi connectivity index (χ3n) is 1.80. The van der Waals surface area contributed by atoms with Gasteiger partial charge in [0.05, 0.1) is 26.6 Å². The normalized spacial score (nSPS) is 13.7. The number of hydrogen-bond acceptors (Lipinski definition) is 6. The van der Waals surface area contributed by atoms with Crippen LogP contribution in [0.5, 0.6) is 0 Å². The molecule has 0 aromatic carbocycles. The number of carboxylic acids is 1. The second kappa shape index (κ2) is 6.06. The molecular weight excluding hydrogens is 220 g/mol. The highest BCUT2D eigenvalue weighted by Crippen LogP contribution is 2.17. The van der Waals surface area contributed by atoms with E-state index in [1.807, 2.05) is 0 Å². The van der Waals surface area contributed by atoms with Crippen LogP contribution in [0.3, 0.4) is 0 Å². The molecule has 0 amide bonds. The summed E-state index contributed by atoms with van der Waals surface area (Å²) in [6.45, 7) is 1.60. The van der Waals surface area contributed by atoms with Gasteiger partial charge in [-0.25, -0.2) is 4.79 Å². The SMILES string of the molecule is CCOC(=O)CC(O)(CC(=O)OC)C(=O)O. The number of carbonyl (C=O) groups excluding carboxylic acids is 2. The van der Waals surface area contributed by atoms with Gasteiger partial charge in [-0.3, -0.25) is 9.59 Å². The predicted octanol–water partition coefficient (Wildman–Crippen LogP) is -0.682. The molecule has 0 aliphatic rings. The van der Waals surface area contributed by atoms with Gasteiger partial charge in [-0.1, -0.05) is 0 Å². The highest BCUT2D eigenvalue weighted by atomic mass is 16.5. The summed E-state index contributed by atoms with van der Waals surface area (Å²) in [7, 11) is 1.05. The predicted molar refractivity (Wildman–Crippen MR) is 50.5 cm³/mol. The van der Waals surface area contributed by atoms with E-state index >= 15 is 0 Å². The molecule has 0 rings (SSSR count).